The highest BCUT2D eigenvalue weighted by molar-refractivity contribution is 9.11. The average molecular weight is 362 g/mol. The third-order valence-corrected chi connectivity index (χ3v) is 4.52. The summed E-state index contributed by atoms with van der Waals surface area (Å²) in [5, 5.41) is 3.38. The van der Waals surface area contributed by atoms with E-state index in [0.29, 0.717) is 6.04 Å². The Morgan fingerprint density at radius 3 is 2.53 bits per heavy atom. The van der Waals surface area contributed by atoms with Crippen molar-refractivity contribution in [1.29, 1.82) is 0 Å². The maximum absolute atomic E-state index is 3.68. The Kier molecular flexibility index (Phi) is 4.50. The van der Waals surface area contributed by atoms with E-state index in [0.717, 1.165) is 13.1 Å². The lowest BCUT2D eigenvalue weighted by molar-refractivity contribution is 0.449. The standard InChI is InChI=1S/C13H18Br2N2/c1-9-6-11(14)13(12(15)7-9)17-5-3-4-10(8-17)16-2/h6-7,10,16H,3-5,8H2,1-2H3. The van der Waals surface area contributed by atoms with Crippen molar-refractivity contribution in [1.82, 2.24) is 5.32 Å². The molecule has 1 aromatic rings. The van der Waals surface area contributed by atoms with E-state index in [-0.39, 0.29) is 0 Å². The number of nitrogens with zero attached hydrogens (tertiary/aromatic N) is 1. The molecular formula is C13H18Br2N2. The molecule has 0 bridgehead atoms. The summed E-state index contributed by atoms with van der Waals surface area (Å²) in [7, 11) is 2.05. The largest absolute Gasteiger partial charge is 0.368 e. The van der Waals surface area contributed by atoms with Crippen LogP contribution in [0.3, 0.4) is 0 Å². The maximum Gasteiger partial charge on any atom is 0.0655 e. The summed E-state index contributed by atoms with van der Waals surface area (Å²) >= 11 is 7.37. The molecule has 1 N–H and O–H groups in total. The number of anilines is 1. The van der Waals surface area contributed by atoms with Crippen molar-refractivity contribution < 1.29 is 0 Å². The van der Waals surface area contributed by atoms with Gasteiger partial charge in [-0.2, -0.15) is 0 Å². The van der Waals surface area contributed by atoms with Crippen molar-refractivity contribution in [3.05, 3.63) is 26.6 Å². The number of halogens is 2. The Labute approximate surface area is 120 Å². The van der Waals surface area contributed by atoms with Crippen molar-refractivity contribution in [2.24, 2.45) is 0 Å². The SMILES string of the molecule is CNC1CCCN(c2c(Br)cc(C)cc2Br)C1. The molecule has 2 nitrogen and oxygen atoms in total. The smallest absolute Gasteiger partial charge is 0.0655 e. The van der Waals surface area contributed by atoms with Crippen LogP contribution in [0.1, 0.15) is 18.4 Å². The maximum atomic E-state index is 3.68. The van der Waals surface area contributed by atoms with Gasteiger partial charge < -0.3 is 10.2 Å². The summed E-state index contributed by atoms with van der Waals surface area (Å²) in [5.41, 5.74) is 2.56. The minimum atomic E-state index is 0.601. The van der Waals surface area contributed by atoms with E-state index in [9.17, 15) is 0 Å². The molecule has 0 aromatic heterocycles. The van der Waals surface area contributed by atoms with Gasteiger partial charge in [0.2, 0.25) is 0 Å². The minimum absolute atomic E-state index is 0.601. The number of benzene rings is 1. The quantitative estimate of drug-likeness (QED) is 0.863. The first-order valence-corrected chi connectivity index (χ1v) is 7.58. The van der Waals surface area contributed by atoms with Crippen LogP contribution in [0.5, 0.6) is 0 Å². The van der Waals surface area contributed by atoms with Gasteiger partial charge >= 0.3 is 0 Å². The molecule has 2 rings (SSSR count). The zero-order valence-corrected chi connectivity index (χ0v) is 13.4. The minimum Gasteiger partial charge on any atom is -0.368 e. The normalized spacial score (nSPS) is 20.7. The van der Waals surface area contributed by atoms with Crippen LogP contribution in [0.4, 0.5) is 5.69 Å². The Bertz CT molecular complexity index is 383. The fourth-order valence-electron chi connectivity index (χ4n) is 2.41. The Balaban J connectivity index is 2.27. The van der Waals surface area contributed by atoms with Crippen LogP contribution in [0.25, 0.3) is 0 Å². The van der Waals surface area contributed by atoms with Gasteiger partial charge in [0.25, 0.3) is 0 Å². The number of piperidine rings is 1. The predicted molar refractivity (Wildman–Crippen MR) is 80.9 cm³/mol. The third-order valence-electron chi connectivity index (χ3n) is 3.31. The highest BCUT2D eigenvalue weighted by Gasteiger charge is 2.22. The summed E-state index contributed by atoms with van der Waals surface area (Å²) in [6.07, 6.45) is 2.52. The van der Waals surface area contributed by atoms with Crippen LogP contribution in [-0.2, 0) is 0 Å². The second-order valence-electron chi connectivity index (χ2n) is 4.65. The van der Waals surface area contributed by atoms with Crippen molar-refractivity contribution in [3.63, 3.8) is 0 Å². The molecule has 1 aliphatic heterocycles. The number of aryl methyl sites for hydroxylation is 1. The van der Waals surface area contributed by atoms with Gasteiger partial charge in [-0.15, -0.1) is 0 Å². The molecule has 4 heteroatoms. The van der Waals surface area contributed by atoms with Crippen LogP contribution < -0.4 is 10.2 Å². The molecule has 94 valence electrons. The third kappa shape index (κ3) is 3.04. The van der Waals surface area contributed by atoms with Crippen LogP contribution in [0.15, 0.2) is 21.1 Å². The van der Waals surface area contributed by atoms with E-state index >= 15 is 0 Å². The second-order valence-corrected chi connectivity index (χ2v) is 6.36. The van der Waals surface area contributed by atoms with E-state index in [2.05, 4.69) is 61.1 Å². The topological polar surface area (TPSA) is 15.3 Å². The molecule has 1 aliphatic rings. The second kappa shape index (κ2) is 5.72. The molecule has 1 heterocycles. The summed E-state index contributed by atoms with van der Waals surface area (Å²) in [6.45, 7) is 4.33. The average Bonchev–Trinajstić information content (AvgIpc) is 2.28. The first-order chi connectivity index (χ1) is 8.11. The lowest BCUT2D eigenvalue weighted by Crippen LogP contribution is -2.44. The zero-order valence-electron chi connectivity index (χ0n) is 10.3. The van der Waals surface area contributed by atoms with Gasteiger partial charge in [0.05, 0.1) is 5.69 Å². The molecule has 1 unspecified atom stereocenters. The molecule has 1 saturated heterocycles. The fraction of sp³-hybridized carbons (Fsp3) is 0.538. The van der Waals surface area contributed by atoms with Gasteiger partial charge in [-0.3, -0.25) is 0 Å². The number of nitrogens with one attached hydrogen (secondary N) is 1. The van der Waals surface area contributed by atoms with Crippen LogP contribution in [-0.4, -0.2) is 26.2 Å². The summed E-state index contributed by atoms with van der Waals surface area (Å²) in [5.74, 6) is 0. The van der Waals surface area contributed by atoms with Gasteiger partial charge in [-0.1, -0.05) is 0 Å². The number of hydrogen-bond donors (Lipinski definition) is 1. The lowest BCUT2D eigenvalue weighted by Gasteiger charge is -2.35. The Hall–Kier alpha value is -0.0600. The molecule has 1 aromatic carbocycles. The van der Waals surface area contributed by atoms with Gasteiger partial charge in [0.1, 0.15) is 0 Å². The fourth-order valence-corrected chi connectivity index (χ4v) is 4.33. The van der Waals surface area contributed by atoms with E-state index in [1.807, 2.05) is 7.05 Å². The molecule has 17 heavy (non-hydrogen) atoms. The molecule has 0 amide bonds. The van der Waals surface area contributed by atoms with Gasteiger partial charge in [-0.25, -0.2) is 0 Å². The van der Waals surface area contributed by atoms with Crippen LogP contribution in [0, 0.1) is 6.92 Å². The highest BCUT2D eigenvalue weighted by atomic mass is 79.9. The zero-order chi connectivity index (χ0) is 12.4. The number of rotatable bonds is 2. The molecule has 0 saturated carbocycles. The van der Waals surface area contributed by atoms with Crippen molar-refractivity contribution >= 4 is 37.5 Å². The lowest BCUT2D eigenvalue weighted by atomic mass is 10.0. The first-order valence-electron chi connectivity index (χ1n) is 5.99. The molecule has 0 radical (unpaired) electrons. The highest BCUT2D eigenvalue weighted by Crippen LogP contribution is 2.36. The molecular weight excluding hydrogens is 344 g/mol. The molecule has 1 fully saturated rings. The first kappa shape index (κ1) is 13.4. The van der Waals surface area contributed by atoms with E-state index in [4.69, 9.17) is 0 Å². The Morgan fingerprint density at radius 1 is 1.29 bits per heavy atom. The van der Waals surface area contributed by atoms with Crippen molar-refractivity contribution in [3.8, 4) is 0 Å². The summed E-state index contributed by atoms with van der Waals surface area (Å²) < 4.78 is 2.36. The van der Waals surface area contributed by atoms with Crippen molar-refractivity contribution in [2.75, 3.05) is 25.0 Å². The summed E-state index contributed by atoms with van der Waals surface area (Å²) in [4.78, 5) is 2.46. The Morgan fingerprint density at radius 2 is 1.94 bits per heavy atom. The molecule has 0 aliphatic carbocycles. The number of hydrogen-bond acceptors (Lipinski definition) is 2. The summed E-state index contributed by atoms with van der Waals surface area (Å²) in [6, 6.07) is 4.97. The van der Waals surface area contributed by atoms with Gasteiger partial charge in [0, 0.05) is 28.1 Å². The molecule has 1 atom stereocenters. The van der Waals surface area contributed by atoms with E-state index < -0.39 is 0 Å². The monoisotopic (exact) mass is 360 g/mol. The van der Waals surface area contributed by atoms with Crippen LogP contribution in [0.2, 0.25) is 0 Å². The van der Waals surface area contributed by atoms with Crippen LogP contribution >= 0.6 is 31.9 Å². The van der Waals surface area contributed by atoms with Gasteiger partial charge in [0.15, 0.2) is 0 Å². The van der Waals surface area contributed by atoms with Crippen molar-refractivity contribution in [2.45, 2.75) is 25.8 Å². The number of likely N-dealkylation sites (N-methyl/N-ethyl adjacent to an activating group) is 1. The van der Waals surface area contributed by atoms with Gasteiger partial charge in [-0.05, 0) is 76.4 Å². The van der Waals surface area contributed by atoms with E-state index in [1.54, 1.807) is 0 Å². The molecule has 0 spiro atoms. The van der Waals surface area contributed by atoms with E-state index in [1.165, 1.54) is 33.0 Å². The predicted octanol–water partition coefficient (Wildman–Crippen LogP) is 3.71.